The van der Waals surface area contributed by atoms with Crippen molar-refractivity contribution in [2.75, 3.05) is 37.8 Å². The molecule has 3 rings (SSSR count). The molecule has 0 unspecified atom stereocenters. The molecule has 32 heavy (non-hydrogen) atoms. The Bertz CT molecular complexity index is 1170. The fourth-order valence-electron chi connectivity index (χ4n) is 3.42. The molecule has 1 heterocycles. The van der Waals surface area contributed by atoms with Crippen LogP contribution in [0.25, 0.3) is 17.2 Å². The maximum Gasteiger partial charge on any atom is 0.264 e. The lowest BCUT2D eigenvalue weighted by atomic mass is 9.98. The van der Waals surface area contributed by atoms with Gasteiger partial charge in [0, 0.05) is 32.9 Å². The van der Waals surface area contributed by atoms with Crippen LogP contribution in [0, 0.1) is 11.3 Å². The van der Waals surface area contributed by atoms with Crippen LogP contribution in [-0.2, 0) is 10.1 Å². The zero-order valence-corrected chi connectivity index (χ0v) is 19.1. The van der Waals surface area contributed by atoms with E-state index in [1.165, 1.54) is 0 Å². The van der Waals surface area contributed by atoms with Crippen LogP contribution < -0.4 is 4.90 Å². The summed E-state index contributed by atoms with van der Waals surface area (Å²) >= 11 is 0. The molecule has 6 nitrogen and oxygen atoms in total. The highest BCUT2D eigenvalue weighted by Gasteiger charge is 2.10. The molecule has 0 aromatic heterocycles. The fraction of sp³-hybridized carbons (Fsp3) is 0.240. The van der Waals surface area contributed by atoms with Gasteiger partial charge in [0.15, 0.2) is 0 Å². The van der Waals surface area contributed by atoms with E-state index in [9.17, 15) is 13.7 Å². The molecule has 0 amide bonds. The highest BCUT2D eigenvalue weighted by molar-refractivity contribution is 7.85. The van der Waals surface area contributed by atoms with Crippen molar-refractivity contribution in [1.29, 1.82) is 5.26 Å². The molecular weight excluding hydrogens is 422 g/mol. The molecule has 7 heteroatoms. The fourth-order valence-corrected chi connectivity index (χ4v) is 3.91. The third kappa shape index (κ3) is 6.58. The van der Waals surface area contributed by atoms with E-state index < -0.39 is 10.1 Å². The van der Waals surface area contributed by atoms with Crippen LogP contribution in [0.15, 0.2) is 66.9 Å². The Morgan fingerprint density at radius 2 is 1.84 bits per heavy atom. The highest BCUT2D eigenvalue weighted by Crippen LogP contribution is 2.24. The van der Waals surface area contributed by atoms with E-state index in [0.717, 1.165) is 28.0 Å². The van der Waals surface area contributed by atoms with Gasteiger partial charge in [0.1, 0.15) is 0 Å². The number of rotatable bonds is 8. The van der Waals surface area contributed by atoms with Gasteiger partial charge in [0.25, 0.3) is 10.1 Å². The maximum absolute atomic E-state index is 10.8. The second-order valence-corrected chi connectivity index (χ2v) is 9.41. The molecule has 0 bridgehead atoms. The molecule has 0 aliphatic carbocycles. The van der Waals surface area contributed by atoms with E-state index >= 15 is 0 Å². The Morgan fingerprint density at radius 3 is 2.38 bits per heavy atom. The summed E-state index contributed by atoms with van der Waals surface area (Å²) in [5.41, 5.74) is 5.67. The van der Waals surface area contributed by atoms with Crippen LogP contribution in [0.5, 0.6) is 0 Å². The zero-order valence-electron chi connectivity index (χ0n) is 18.3. The number of hydrogen-bond acceptors (Lipinski definition) is 5. The molecular formula is C25H27N3O3S. The van der Waals surface area contributed by atoms with E-state index in [1.807, 2.05) is 90.8 Å². The Balaban J connectivity index is 1.65. The maximum atomic E-state index is 10.8. The summed E-state index contributed by atoms with van der Waals surface area (Å²) < 4.78 is 30.5. The Morgan fingerprint density at radius 1 is 1.16 bits per heavy atom. The number of nitrogens with zero attached hydrogens (tertiary/aromatic N) is 3. The molecule has 0 atom stereocenters. The average Bonchev–Trinajstić information content (AvgIpc) is 2.77. The minimum atomic E-state index is -3.91. The zero-order chi connectivity index (χ0) is 23.1. The van der Waals surface area contributed by atoms with Crippen molar-refractivity contribution in [1.82, 2.24) is 4.90 Å². The van der Waals surface area contributed by atoms with Crippen LogP contribution in [0.4, 0.5) is 5.69 Å². The summed E-state index contributed by atoms with van der Waals surface area (Å²) in [6.07, 6.45) is 8.27. The van der Waals surface area contributed by atoms with Gasteiger partial charge < -0.3 is 9.80 Å². The number of allylic oxidation sites excluding steroid dienone is 3. The van der Waals surface area contributed by atoms with Gasteiger partial charge in [-0.25, -0.2) is 0 Å². The minimum Gasteiger partial charge on any atom is -0.378 e. The van der Waals surface area contributed by atoms with E-state index in [-0.39, 0.29) is 5.75 Å². The molecule has 1 N–H and O–H groups in total. The predicted molar refractivity (Wildman–Crippen MR) is 130 cm³/mol. The van der Waals surface area contributed by atoms with Crippen molar-refractivity contribution in [3.63, 3.8) is 0 Å². The van der Waals surface area contributed by atoms with Crippen molar-refractivity contribution in [3.8, 4) is 6.07 Å². The molecule has 1 aliphatic heterocycles. The highest BCUT2D eigenvalue weighted by atomic mass is 32.2. The van der Waals surface area contributed by atoms with E-state index in [0.29, 0.717) is 25.1 Å². The second kappa shape index (κ2) is 10.3. The van der Waals surface area contributed by atoms with E-state index in [2.05, 4.69) is 12.1 Å². The third-order valence-electron chi connectivity index (χ3n) is 5.23. The van der Waals surface area contributed by atoms with Gasteiger partial charge in [-0.1, -0.05) is 42.5 Å². The third-order valence-corrected chi connectivity index (χ3v) is 6.03. The van der Waals surface area contributed by atoms with Crippen LogP contribution in [0.2, 0.25) is 0 Å². The van der Waals surface area contributed by atoms with Gasteiger partial charge in [0.2, 0.25) is 0 Å². The van der Waals surface area contributed by atoms with Crippen molar-refractivity contribution in [2.24, 2.45) is 0 Å². The summed E-state index contributed by atoms with van der Waals surface area (Å²) in [6, 6.07) is 18.2. The van der Waals surface area contributed by atoms with Crippen molar-refractivity contribution in [3.05, 3.63) is 83.6 Å². The molecule has 1 aliphatic rings. The standard InChI is InChI=1S/C25H27N3O3S/c1-27(2)25-10-4-20(5-11-25)18-24(19-26)22-8-6-21(7-9-22)23-12-15-28(16-13-23)14-3-17-32(29,30)31/h4-13,15,18H,3,14,16-17H2,1-2H3,(H,29,30,31)/b24-18+. The molecule has 0 spiro atoms. The van der Waals surface area contributed by atoms with Gasteiger partial charge >= 0.3 is 0 Å². The monoisotopic (exact) mass is 449 g/mol. The summed E-state index contributed by atoms with van der Waals surface area (Å²) in [5.74, 6) is -0.232. The largest absolute Gasteiger partial charge is 0.378 e. The average molecular weight is 450 g/mol. The molecule has 2 aromatic carbocycles. The first kappa shape index (κ1) is 23.3. The lowest BCUT2D eigenvalue weighted by Gasteiger charge is -2.22. The van der Waals surface area contributed by atoms with Crippen molar-refractivity contribution < 1.29 is 13.0 Å². The van der Waals surface area contributed by atoms with E-state index in [4.69, 9.17) is 4.55 Å². The first-order valence-corrected chi connectivity index (χ1v) is 11.9. The number of anilines is 1. The summed E-state index contributed by atoms with van der Waals surface area (Å²) in [5, 5.41) is 9.64. The first-order chi connectivity index (χ1) is 15.2. The molecule has 0 fully saturated rings. The summed E-state index contributed by atoms with van der Waals surface area (Å²) in [6.45, 7) is 1.23. The normalized spacial score (nSPS) is 14.1. The molecule has 2 aromatic rings. The van der Waals surface area contributed by atoms with Gasteiger partial charge in [0.05, 0.1) is 17.4 Å². The van der Waals surface area contributed by atoms with Gasteiger partial charge in [-0.15, -0.1) is 0 Å². The van der Waals surface area contributed by atoms with Crippen LogP contribution in [0.1, 0.15) is 23.1 Å². The summed E-state index contributed by atoms with van der Waals surface area (Å²) in [7, 11) is 0.0699. The van der Waals surface area contributed by atoms with Gasteiger partial charge in [-0.3, -0.25) is 4.55 Å². The Labute approximate surface area is 190 Å². The minimum absolute atomic E-state index is 0.232. The number of hydrogen-bond donors (Lipinski definition) is 1. The first-order valence-electron chi connectivity index (χ1n) is 10.3. The quantitative estimate of drug-likeness (QED) is 0.367. The molecule has 0 saturated heterocycles. The molecule has 166 valence electrons. The van der Waals surface area contributed by atoms with Gasteiger partial charge in [-0.2, -0.15) is 13.7 Å². The molecule has 0 saturated carbocycles. The SMILES string of the molecule is CN(C)c1ccc(/C=C(\C#N)c2ccc(C3=CCN(CCCS(=O)(=O)O)C=C3)cc2)cc1. The lowest BCUT2D eigenvalue weighted by Crippen LogP contribution is -2.22. The summed E-state index contributed by atoms with van der Waals surface area (Å²) in [4.78, 5) is 4.03. The topological polar surface area (TPSA) is 84.6 Å². The Kier molecular flexibility index (Phi) is 7.52. The van der Waals surface area contributed by atoms with Crippen molar-refractivity contribution in [2.45, 2.75) is 6.42 Å². The van der Waals surface area contributed by atoms with E-state index in [1.54, 1.807) is 0 Å². The van der Waals surface area contributed by atoms with Crippen LogP contribution in [-0.4, -0.2) is 50.8 Å². The molecule has 0 radical (unpaired) electrons. The van der Waals surface area contributed by atoms with Crippen molar-refractivity contribution >= 4 is 33.0 Å². The second-order valence-electron chi connectivity index (χ2n) is 7.84. The number of benzene rings is 2. The Hall–Kier alpha value is -3.34. The van der Waals surface area contributed by atoms with Crippen LogP contribution >= 0.6 is 0 Å². The van der Waals surface area contributed by atoms with Gasteiger partial charge in [-0.05, 0) is 59.2 Å². The lowest BCUT2D eigenvalue weighted by molar-refractivity contribution is 0.407. The van der Waals surface area contributed by atoms with Crippen LogP contribution in [0.3, 0.4) is 0 Å². The predicted octanol–water partition coefficient (Wildman–Crippen LogP) is 4.31. The number of nitriles is 1. The smallest absolute Gasteiger partial charge is 0.264 e.